The molecule has 4 heteroatoms. The molecule has 2 rings (SSSR count). The SMILES string of the molecule is Cc1cc(C)c(-n2nc(CC(C)(C)C)c(Br)c2N)c(C)c1. The third-order valence-electron chi connectivity index (χ3n) is 3.47. The fraction of sp³-hybridized carbons (Fsp3) is 0.471. The highest BCUT2D eigenvalue weighted by atomic mass is 79.9. The summed E-state index contributed by atoms with van der Waals surface area (Å²) in [6.45, 7) is 12.9. The van der Waals surface area contributed by atoms with Gasteiger partial charge in [-0.05, 0) is 59.7 Å². The number of hydrogen-bond acceptors (Lipinski definition) is 2. The van der Waals surface area contributed by atoms with Gasteiger partial charge in [0.2, 0.25) is 0 Å². The summed E-state index contributed by atoms with van der Waals surface area (Å²) in [5, 5.41) is 4.76. The van der Waals surface area contributed by atoms with Gasteiger partial charge in [-0.2, -0.15) is 5.10 Å². The summed E-state index contributed by atoms with van der Waals surface area (Å²) in [6.07, 6.45) is 0.884. The number of nitrogen functional groups attached to an aromatic ring is 1. The molecule has 0 aliphatic heterocycles. The van der Waals surface area contributed by atoms with Crippen molar-refractivity contribution in [3.63, 3.8) is 0 Å². The molecule has 2 aromatic rings. The van der Waals surface area contributed by atoms with Crippen molar-refractivity contribution in [3.8, 4) is 5.69 Å². The van der Waals surface area contributed by atoms with Gasteiger partial charge in [0.05, 0.1) is 15.9 Å². The molecular formula is C17H24BrN3. The van der Waals surface area contributed by atoms with Gasteiger partial charge in [-0.15, -0.1) is 0 Å². The van der Waals surface area contributed by atoms with Crippen LogP contribution < -0.4 is 5.73 Å². The quantitative estimate of drug-likeness (QED) is 0.851. The van der Waals surface area contributed by atoms with Crippen LogP contribution in [0.4, 0.5) is 5.82 Å². The Labute approximate surface area is 135 Å². The van der Waals surface area contributed by atoms with Crippen LogP contribution in [0.15, 0.2) is 16.6 Å². The van der Waals surface area contributed by atoms with Gasteiger partial charge in [0.25, 0.3) is 0 Å². The maximum atomic E-state index is 6.28. The summed E-state index contributed by atoms with van der Waals surface area (Å²) >= 11 is 3.61. The van der Waals surface area contributed by atoms with Crippen molar-refractivity contribution in [2.24, 2.45) is 5.41 Å². The molecule has 0 aliphatic carbocycles. The summed E-state index contributed by atoms with van der Waals surface area (Å²) in [4.78, 5) is 0. The maximum absolute atomic E-state index is 6.28. The van der Waals surface area contributed by atoms with E-state index in [1.165, 1.54) is 16.7 Å². The number of benzene rings is 1. The second-order valence-corrected chi connectivity index (χ2v) is 7.84. The van der Waals surface area contributed by atoms with E-state index in [4.69, 9.17) is 10.8 Å². The molecule has 1 aromatic heterocycles. The van der Waals surface area contributed by atoms with Crippen LogP contribution >= 0.6 is 15.9 Å². The van der Waals surface area contributed by atoms with Gasteiger partial charge in [0, 0.05) is 0 Å². The Hall–Kier alpha value is -1.29. The number of aromatic nitrogens is 2. The zero-order chi connectivity index (χ0) is 15.9. The van der Waals surface area contributed by atoms with Crippen LogP contribution in [-0.2, 0) is 6.42 Å². The van der Waals surface area contributed by atoms with E-state index < -0.39 is 0 Å². The lowest BCUT2D eigenvalue weighted by atomic mass is 9.91. The molecular weight excluding hydrogens is 326 g/mol. The van der Waals surface area contributed by atoms with Crippen LogP contribution in [0.5, 0.6) is 0 Å². The lowest BCUT2D eigenvalue weighted by molar-refractivity contribution is 0.404. The molecule has 0 atom stereocenters. The predicted molar refractivity (Wildman–Crippen MR) is 93.0 cm³/mol. The van der Waals surface area contributed by atoms with E-state index in [1.54, 1.807) is 0 Å². The third-order valence-corrected chi connectivity index (χ3v) is 4.34. The molecule has 0 amide bonds. The Kier molecular flexibility index (Phi) is 4.20. The van der Waals surface area contributed by atoms with Gasteiger partial charge in [0.1, 0.15) is 5.82 Å². The summed E-state index contributed by atoms with van der Waals surface area (Å²) in [7, 11) is 0. The number of nitrogens with zero attached hydrogens (tertiary/aromatic N) is 2. The standard InChI is InChI=1S/C17H24BrN3/c1-10-7-11(2)15(12(3)8-10)21-16(19)14(18)13(20-21)9-17(4,5)6/h7-8H,9,19H2,1-6H3. The van der Waals surface area contributed by atoms with E-state index in [2.05, 4.69) is 69.6 Å². The van der Waals surface area contributed by atoms with Gasteiger partial charge < -0.3 is 5.73 Å². The van der Waals surface area contributed by atoms with Crippen molar-refractivity contribution in [1.82, 2.24) is 9.78 Å². The minimum atomic E-state index is 0.172. The smallest absolute Gasteiger partial charge is 0.141 e. The maximum Gasteiger partial charge on any atom is 0.141 e. The van der Waals surface area contributed by atoms with E-state index >= 15 is 0 Å². The van der Waals surface area contributed by atoms with Crippen LogP contribution in [0.1, 0.15) is 43.2 Å². The highest BCUT2D eigenvalue weighted by molar-refractivity contribution is 9.10. The van der Waals surface area contributed by atoms with Crippen LogP contribution in [0.3, 0.4) is 0 Å². The average molecular weight is 350 g/mol. The van der Waals surface area contributed by atoms with E-state index in [1.807, 2.05) is 4.68 Å². The lowest BCUT2D eigenvalue weighted by Crippen LogP contribution is -2.11. The van der Waals surface area contributed by atoms with Gasteiger partial charge in [-0.1, -0.05) is 38.5 Å². The molecule has 1 heterocycles. The van der Waals surface area contributed by atoms with Crippen LogP contribution in [0, 0.1) is 26.2 Å². The molecule has 0 saturated heterocycles. The summed E-state index contributed by atoms with van der Waals surface area (Å²) in [6, 6.07) is 4.33. The molecule has 0 bridgehead atoms. The second-order valence-electron chi connectivity index (χ2n) is 7.04. The van der Waals surface area contributed by atoms with Gasteiger partial charge in [-0.3, -0.25) is 0 Å². The van der Waals surface area contributed by atoms with Crippen LogP contribution in [0.25, 0.3) is 5.69 Å². The lowest BCUT2D eigenvalue weighted by Gasteiger charge is -2.16. The first-order valence-corrected chi connectivity index (χ1v) is 8.00. The molecule has 0 fully saturated rings. The Morgan fingerprint density at radius 1 is 1.14 bits per heavy atom. The van der Waals surface area contributed by atoms with Crippen molar-refractivity contribution in [2.75, 3.05) is 5.73 Å². The summed E-state index contributed by atoms with van der Waals surface area (Å²) < 4.78 is 2.78. The van der Waals surface area contributed by atoms with Crippen molar-refractivity contribution >= 4 is 21.7 Å². The number of nitrogens with two attached hydrogens (primary N) is 1. The van der Waals surface area contributed by atoms with E-state index in [0.29, 0.717) is 5.82 Å². The largest absolute Gasteiger partial charge is 0.383 e. The fourth-order valence-corrected chi connectivity index (χ4v) is 3.14. The number of rotatable bonds is 2. The zero-order valence-corrected chi connectivity index (χ0v) is 15.3. The van der Waals surface area contributed by atoms with Crippen molar-refractivity contribution in [2.45, 2.75) is 48.0 Å². The molecule has 0 unspecified atom stereocenters. The number of halogens is 1. The predicted octanol–water partition coefficient (Wildman–Crippen LogP) is 4.73. The van der Waals surface area contributed by atoms with Crippen LogP contribution in [0.2, 0.25) is 0 Å². The fourth-order valence-electron chi connectivity index (χ4n) is 2.75. The summed E-state index contributed by atoms with van der Waals surface area (Å²) in [5.41, 5.74) is 12.2. The number of anilines is 1. The van der Waals surface area contributed by atoms with Crippen LogP contribution in [-0.4, -0.2) is 9.78 Å². The molecule has 1 aromatic carbocycles. The molecule has 0 aliphatic rings. The highest BCUT2D eigenvalue weighted by Crippen LogP contribution is 2.33. The Morgan fingerprint density at radius 3 is 2.14 bits per heavy atom. The molecule has 0 spiro atoms. The van der Waals surface area contributed by atoms with E-state index in [-0.39, 0.29) is 5.41 Å². The summed E-state index contributed by atoms with van der Waals surface area (Å²) in [5.74, 6) is 0.671. The Balaban J connectivity index is 2.59. The molecule has 0 radical (unpaired) electrons. The van der Waals surface area contributed by atoms with Gasteiger partial charge in [-0.25, -0.2) is 4.68 Å². The molecule has 2 N–H and O–H groups in total. The molecule has 21 heavy (non-hydrogen) atoms. The first kappa shape index (κ1) is 16.1. The topological polar surface area (TPSA) is 43.8 Å². The average Bonchev–Trinajstić information content (AvgIpc) is 2.55. The van der Waals surface area contributed by atoms with E-state index in [0.717, 1.165) is 22.3 Å². The normalized spacial score (nSPS) is 12.0. The molecule has 3 nitrogen and oxygen atoms in total. The van der Waals surface area contributed by atoms with Crippen molar-refractivity contribution in [1.29, 1.82) is 0 Å². The number of hydrogen-bond donors (Lipinski definition) is 1. The second kappa shape index (κ2) is 5.48. The van der Waals surface area contributed by atoms with E-state index in [9.17, 15) is 0 Å². The first-order valence-electron chi connectivity index (χ1n) is 7.21. The Morgan fingerprint density at radius 2 is 1.67 bits per heavy atom. The highest BCUT2D eigenvalue weighted by Gasteiger charge is 2.21. The minimum Gasteiger partial charge on any atom is -0.383 e. The molecule has 0 saturated carbocycles. The first-order chi connectivity index (χ1) is 9.60. The van der Waals surface area contributed by atoms with Crippen molar-refractivity contribution < 1.29 is 0 Å². The minimum absolute atomic E-state index is 0.172. The monoisotopic (exact) mass is 349 g/mol. The Bertz CT molecular complexity index is 655. The molecule has 114 valence electrons. The van der Waals surface area contributed by atoms with Crippen molar-refractivity contribution in [3.05, 3.63) is 39.0 Å². The zero-order valence-electron chi connectivity index (χ0n) is 13.7. The van der Waals surface area contributed by atoms with Gasteiger partial charge in [0.15, 0.2) is 0 Å². The third kappa shape index (κ3) is 3.31. The number of aryl methyl sites for hydroxylation is 3. The van der Waals surface area contributed by atoms with Gasteiger partial charge >= 0.3 is 0 Å².